The summed E-state index contributed by atoms with van der Waals surface area (Å²) < 4.78 is 0. The molecule has 0 aromatic heterocycles. The molecule has 1 saturated heterocycles. The molecule has 132 valence electrons. The Morgan fingerprint density at radius 1 is 1.17 bits per heavy atom. The first-order valence-corrected chi connectivity index (χ1v) is 9.17. The summed E-state index contributed by atoms with van der Waals surface area (Å²) in [6, 6.07) is 10.7. The van der Waals surface area contributed by atoms with Gasteiger partial charge in [-0.3, -0.25) is 4.90 Å². The monoisotopic (exact) mass is 331 g/mol. The van der Waals surface area contributed by atoms with Gasteiger partial charge in [-0.05, 0) is 37.8 Å². The minimum Gasteiger partial charge on any atom is -0.388 e. The highest BCUT2D eigenvalue weighted by Gasteiger charge is 2.31. The largest absolute Gasteiger partial charge is 0.388 e. The number of hydrogen-bond acceptors (Lipinski definition) is 3. The molecule has 1 aromatic rings. The van der Waals surface area contributed by atoms with E-state index in [2.05, 4.69) is 39.8 Å². The van der Waals surface area contributed by atoms with Crippen molar-refractivity contribution in [3.63, 3.8) is 0 Å². The predicted molar refractivity (Wildman–Crippen MR) is 94.7 cm³/mol. The van der Waals surface area contributed by atoms with E-state index >= 15 is 0 Å². The van der Waals surface area contributed by atoms with Gasteiger partial charge in [-0.25, -0.2) is 4.79 Å². The summed E-state index contributed by atoms with van der Waals surface area (Å²) in [7, 11) is 0. The van der Waals surface area contributed by atoms with E-state index in [-0.39, 0.29) is 6.03 Å². The molecular weight excluding hydrogens is 302 g/mol. The Bertz CT molecular complexity index is 529. The van der Waals surface area contributed by atoms with Crippen molar-refractivity contribution in [2.24, 2.45) is 0 Å². The van der Waals surface area contributed by atoms with Crippen LogP contribution in [0.15, 0.2) is 30.3 Å². The number of urea groups is 1. The molecule has 1 aliphatic carbocycles. The smallest absolute Gasteiger partial charge is 0.314 e. The SMILES string of the molecule is O=C(NCC1CCCN1Cc1ccccc1)NCC1(O)CCCC1. The van der Waals surface area contributed by atoms with Crippen molar-refractivity contribution >= 4 is 6.03 Å². The lowest BCUT2D eigenvalue weighted by Crippen LogP contribution is -2.48. The molecule has 0 radical (unpaired) electrons. The van der Waals surface area contributed by atoms with E-state index in [1.807, 2.05) is 6.07 Å². The summed E-state index contributed by atoms with van der Waals surface area (Å²) in [5, 5.41) is 16.1. The average molecular weight is 331 g/mol. The summed E-state index contributed by atoms with van der Waals surface area (Å²) in [6.45, 7) is 3.05. The number of hydrogen-bond donors (Lipinski definition) is 3. The summed E-state index contributed by atoms with van der Waals surface area (Å²) in [4.78, 5) is 14.5. The van der Waals surface area contributed by atoms with Crippen LogP contribution in [-0.4, -0.2) is 47.3 Å². The number of nitrogens with one attached hydrogen (secondary N) is 2. The lowest BCUT2D eigenvalue weighted by molar-refractivity contribution is 0.0500. The van der Waals surface area contributed by atoms with Crippen LogP contribution in [0.25, 0.3) is 0 Å². The van der Waals surface area contributed by atoms with Gasteiger partial charge in [-0.15, -0.1) is 0 Å². The van der Waals surface area contributed by atoms with Gasteiger partial charge in [-0.2, -0.15) is 0 Å². The zero-order valence-electron chi connectivity index (χ0n) is 14.3. The summed E-state index contributed by atoms with van der Waals surface area (Å²) in [5.41, 5.74) is 0.627. The van der Waals surface area contributed by atoms with Crippen LogP contribution in [0.5, 0.6) is 0 Å². The number of carbonyl (C=O) groups excluding carboxylic acids is 1. The third-order valence-corrected chi connectivity index (χ3v) is 5.34. The quantitative estimate of drug-likeness (QED) is 0.749. The first-order valence-electron chi connectivity index (χ1n) is 9.17. The van der Waals surface area contributed by atoms with Gasteiger partial charge in [0.05, 0.1) is 5.60 Å². The molecule has 0 bridgehead atoms. The van der Waals surface area contributed by atoms with Crippen molar-refractivity contribution < 1.29 is 9.90 Å². The predicted octanol–water partition coefficient (Wildman–Crippen LogP) is 2.26. The van der Waals surface area contributed by atoms with Crippen molar-refractivity contribution in [3.05, 3.63) is 35.9 Å². The van der Waals surface area contributed by atoms with E-state index in [1.165, 1.54) is 12.0 Å². The Balaban J connectivity index is 1.40. The van der Waals surface area contributed by atoms with E-state index < -0.39 is 5.60 Å². The molecule has 1 aromatic carbocycles. The number of aliphatic hydroxyl groups is 1. The molecule has 1 heterocycles. The Morgan fingerprint density at radius 3 is 2.67 bits per heavy atom. The van der Waals surface area contributed by atoms with E-state index in [0.29, 0.717) is 19.1 Å². The Labute approximate surface area is 144 Å². The summed E-state index contributed by atoms with van der Waals surface area (Å²) >= 11 is 0. The Kier molecular flexibility index (Phi) is 5.74. The molecule has 1 aliphatic heterocycles. The van der Waals surface area contributed by atoms with Crippen LogP contribution < -0.4 is 10.6 Å². The van der Waals surface area contributed by atoms with Crippen LogP contribution in [0.2, 0.25) is 0 Å². The number of amides is 2. The van der Waals surface area contributed by atoms with Crippen LogP contribution in [-0.2, 0) is 6.54 Å². The number of nitrogens with zero attached hydrogens (tertiary/aromatic N) is 1. The highest BCUT2D eigenvalue weighted by molar-refractivity contribution is 5.73. The first-order chi connectivity index (χ1) is 11.6. The molecule has 3 N–H and O–H groups in total. The minimum atomic E-state index is -0.690. The molecule has 1 unspecified atom stereocenters. The molecule has 5 heteroatoms. The van der Waals surface area contributed by atoms with Crippen LogP contribution >= 0.6 is 0 Å². The molecule has 1 atom stereocenters. The van der Waals surface area contributed by atoms with Gasteiger partial charge in [0.1, 0.15) is 0 Å². The third kappa shape index (κ3) is 4.71. The second-order valence-corrected chi connectivity index (χ2v) is 7.25. The number of rotatable bonds is 6. The lowest BCUT2D eigenvalue weighted by atomic mass is 10.0. The van der Waals surface area contributed by atoms with Gasteiger partial charge in [0.25, 0.3) is 0 Å². The number of likely N-dealkylation sites (tertiary alicyclic amines) is 1. The summed E-state index contributed by atoms with van der Waals surface area (Å²) in [5.74, 6) is 0. The normalized spacial score (nSPS) is 23.3. The molecule has 1 saturated carbocycles. The highest BCUT2D eigenvalue weighted by atomic mass is 16.3. The maximum Gasteiger partial charge on any atom is 0.314 e. The highest BCUT2D eigenvalue weighted by Crippen LogP contribution is 2.28. The molecular formula is C19H29N3O2. The van der Waals surface area contributed by atoms with Crippen LogP contribution in [0.4, 0.5) is 4.79 Å². The maximum absolute atomic E-state index is 12.0. The topological polar surface area (TPSA) is 64.6 Å². The van der Waals surface area contributed by atoms with Crippen LogP contribution in [0.1, 0.15) is 44.1 Å². The van der Waals surface area contributed by atoms with E-state index in [4.69, 9.17) is 0 Å². The third-order valence-electron chi connectivity index (χ3n) is 5.34. The van der Waals surface area contributed by atoms with Gasteiger partial charge >= 0.3 is 6.03 Å². The van der Waals surface area contributed by atoms with Gasteiger partial charge in [0.15, 0.2) is 0 Å². The molecule has 2 amide bonds. The van der Waals surface area contributed by atoms with E-state index in [0.717, 1.165) is 45.2 Å². The molecule has 5 nitrogen and oxygen atoms in total. The Morgan fingerprint density at radius 2 is 1.92 bits per heavy atom. The van der Waals surface area contributed by atoms with Crippen molar-refractivity contribution in [2.75, 3.05) is 19.6 Å². The standard InChI is InChI=1S/C19H29N3O2/c23-18(21-15-19(24)10-4-5-11-19)20-13-17-9-6-12-22(17)14-16-7-2-1-3-8-16/h1-3,7-8,17,24H,4-6,9-15H2,(H2,20,21,23). The molecule has 0 spiro atoms. The second kappa shape index (κ2) is 7.99. The fraction of sp³-hybridized carbons (Fsp3) is 0.632. The van der Waals surface area contributed by atoms with Crippen molar-refractivity contribution in [3.8, 4) is 0 Å². The molecule has 2 fully saturated rings. The van der Waals surface area contributed by atoms with E-state index in [9.17, 15) is 9.90 Å². The minimum absolute atomic E-state index is 0.165. The zero-order chi connectivity index (χ0) is 16.8. The van der Waals surface area contributed by atoms with Gasteiger partial charge in [0, 0.05) is 25.7 Å². The lowest BCUT2D eigenvalue weighted by Gasteiger charge is -2.26. The molecule has 2 aliphatic rings. The van der Waals surface area contributed by atoms with E-state index in [1.54, 1.807) is 0 Å². The van der Waals surface area contributed by atoms with Crippen LogP contribution in [0, 0.1) is 0 Å². The fourth-order valence-electron chi connectivity index (χ4n) is 3.88. The average Bonchev–Trinajstić information content (AvgIpc) is 3.22. The number of carbonyl (C=O) groups is 1. The maximum atomic E-state index is 12.0. The first kappa shape index (κ1) is 17.2. The second-order valence-electron chi connectivity index (χ2n) is 7.25. The van der Waals surface area contributed by atoms with Crippen molar-refractivity contribution in [1.29, 1.82) is 0 Å². The zero-order valence-corrected chi connectivity index (χ0v) is 14.3. The number of benzene rings is 1. The van der Waals surface area contributed by atoms with Crippen molar-refractivity contribution in [2.45, 2.75) is 56.7 Å². The molecule has 3 rings (SSSR count). The van der Waals surface area contributed by atoms with Crippen LogP contribution in [0.3, 0.4) is 0 Å². The van der Waals surface area contributed by atoms with Crippen molar-refractivity contribution in [1.82, 2.24) is 15.5 Å². The fourth-order valence-corrected chi connectivity index (χ4v) is 3.88. The molecule has 24 heavy (non-hydrogen) atoms. The summed E-state index contributed by atoms with van der Waals surface area (Å²) in [6.07, 6.45) is 5.99. The Hall–Kier alpha value is -1.59. The van der Waals surface area contributed by atoms with Gasteiger partial charge in [0.2, 0.25) is 0 Å². The van der Waals surface area contributed by atoms with Gasteiger partial charge in [-0.1, -0.05) is 43.2 Å². The van der Waals surface area contributed by atoms with Gasteiger partial charge < -0.3 is 15.7 Å².